The number of nitrogens with one attached hydrogen (secondary N) is 1. The van der Waals surface area contributed by atoms with E-state index in [4.69, 9.17) is 4.74 Å². The number of unbranched alkanes of at least 4 members (excludes halogenated alkanes) is 1. The van der Waals surface area contributed by atoms with Crippen molar-refractivity contribution in [3.8, 4) is 5.75 Å². The molecule has 8 heteroatoms. The Hall–Kier alpha value is -2.62. The number of amides is 2. The number of nitrogens with zero attached hydrogens (tertiary/aromatic N) is 3. The van der Waals surface area contributed by atoms with Gasteiger partial charge in [-0.15, -0.1) is 24.0 Å². The number of fused-ring (bicyclic) bond motifs is 1. The first-order valence-corrected chi connectivity index (χ1v) is 10.1. The predicted octanol–water partition coefficient (Wildman–Crippen LogP) is 3.40. The van der Waals surface area contributed by atoms with Crippen molar-refractivity contribution >= 4 is 41.8 Å². The molecule has 31 heavy (non-hydrogen) atoms. The molecule has 2 aromatic rings. The fourth-order valence-corrected chi connectivity index (χ4v) is 3.59. The van der Waals surface area contributed by atoms with Crippen molar-refractivity contribution in [1.82, 2.24) is 15.1 Å². The molecule has 7 nitrogen and oxygen atoms in total. The maximum absolute atomic E-state index is 12.4. The van der Waals surface area contributed by atoms with E-state index in [0.717, 1.165) is 30.1 Å². The number of guanidine groups is 1. The number of imide groups is 1. The third kappa shape index (κ3) is 5.75. The highest BCUT2D eigenvalue weighted by Crippen LogP contribution is 2.22. The molecule has 1 heterocycles. The first kappa shape index (κ1) is 24.6. The molecule has 0 aliphatic carbocycles. The number of para-hydroxylation sites is 1. The van der Waals surface area contributed by atoms with Crippen molar-refractivity contribution in [2.45, 2.75) is 19.4 Å². The molecule has 0 saturated carbocycles. The molecule has 0 atom stereocenters. The van der Waals surface area contributed by atoms with Gasteiger partial charge in [-0.25, -0.2) is 0 Å². The van der Waals surface area contributed by atoms with Crippen LogP contribution >= 0.6 is 24.0 Å². The lowest BCUT2D eigenvalue weighted by molar-refractivity contribution is 0.0652. The van der Waals surface area contributed by atoms with Gasteiger partial charge in [0.25, 0.3) is 11.8 Å². The minimum atomic E-state index is -0.198. The van der Waals surface area contributed by atoms with Crippen molar-refractivity contribution in [2.24, 2.45) is 4.99 Å². The van der Waals surface area contributed by atoms with Crippen LogP contribution in [0.5, 0.6) is 5.75 Å². The van der Waals surface area contributed by atoms with Crippen LogP contribution in [-0.2, 0) is 6.54 Å². The van der Waals surface area contributed by atoms with E-state index in [1.54, 1.807) is 38.4 Å². The first-order valence-electron chi connectivity index (χ1n) is 10.1. The number of benzene rings is 2. The molecule has 0 aromatic heterocycles. The molecule has 1 aliphatic rings. The molecular formula is C23H29IN4O3. The van der Waals surface area contributed by atoms with Crippen LogP contribution in [0.3, 0.4) is 0 Å². The Kier molecular flexibility index (Phi) is 9.29. The Morgan fingerprint density at radius 3 is 2.26 bits per heavy atom. The average molecular weight is 536 g/mol. The second-order valence-corrected chi connectivity index (χ2v) is 7.16. The lowest BCUT2D eigenvalue weighted by Crippen LogP contribution is -2.39. The van der Waals surface area contributed by atoms with Crippen LogP contribution in [0, 0.1) is 0 Å². The smallest absolute Gasteiger partial charge is 0.261 e. The number of aliphatic imine (C=N–C) groups is 1. The highest BCUT2D eigenvalue weighted by atomic mass is 127. The summed E-state index contributed by atoms with van der Waals surface area (Å²) in [5.74, 6) is 1.23. The maximum atomic E-state index is 12.4. The van der Waals surface area contributed by atoms with Crippen LogP contribution in [0.2, 0.25) is 0 Å². The number of carbonyl (C=O) groups excluding carboxylic acids is 2. The van der Waals surface area contributed by atoms with Crippen molar-refractivity contribution in [3.05, 3.63) is 65.2 Å². The standard InChI is InChI=1S/C23H28N4O3.HI/c1-24-23(26(2)16-17-10-4-7-13-20(17)30-3)25-14-8-9-15-27-21(28)18-11-5-6-12-19(18)22(27)29;/h4-7,10-13H,8-9,14-16H2,1-3H3,(H,24,25);1H. The zero-order chi connectivity index (χ0) is 21.5. The molecule has 0 radical (unpaired) electrons. The second-order valence-electron chi connectivity index (χ2n) is 7.16. The summed E-state index contributed by atoms with van der Waals surface area (Å²) in [5.41, 5.74) is 2.08. The summed E-state index contributed by atoms with van der Waals surface area (Å²) in [4.78, 5) is 32.5. The Balaban J connectivity index is 0.00000341. The van der Waals surface area contributed by atoms with E-state index >= 15 is 0 Å². The quantitative estimate of drug-likeness (QED) is 0.184. The van der Waals surface area contributed by atoms with Crippen LogP contribution in [0.15, 0.2) is 53.5 Å². The van der Waals surface area contributed by atoms with E-state index in [1.165, 1.54) is 4.90 Å². The summed E-state index contributed by atoms with van der Waals surface area (Å²) in [6, 6.07) is 14.9. The molecule has 0 fully saturated rings. The van der Waals surface area contributed by atoms with Crippen molar-refractivity contribution in [3.63, 3.8) is 0 Å². The Morgan fingerprint density at radius 1 is 1.03 bits per heavy atom. The van der Waals surface area contributed by atoms with Crippen LogP contribution in [-0.4, -0.2) is 61.9 Å². The minimum absolute atomic E-state index is 0. The Bertz CT molecular complexity index is 913. The van der Waals surface area contributed by atoms with E-state index in [1.807, 2.05) is 36.2 Å². The highest BCUT2D eigenvalue weighted by molar-refractivity contribution is 14.0. The van der Waals surface area contributed by atoms with Gasteiger partial charge in [0.2, 0.25) is 0 Å². The third-order valence-corrected chi connectivity index (χ3v) is 5.14. The molecule has 166 valence electrons. The van der Waals surface area contributed by atoms with Gasteiger partial charge < -0.3 is 15.0 Å². The summed E-state index contributed by atoms with van der Waals surface area (Å²) in [6.45, 7) is 1.79. The topological polar surface area (TPSA) is 74.2 Å². The minimum Gasteiger partial charge on any atom is -0.496 e. The molecular weight excluding hydrogens is 507 g/mol. The monoisotopic (exact) mass is 536 g/mol. The average Bonchev–Trinajstić information content (AvgIpc) is 3.01. The molecule has 0 unspecified atom stereocenters. The second kappa shape index (κ2) is 11.7. The van der Waals surface area contributed by atoms with Gasteiger partial charge >= 0.3 is 0 Å². The zero-order valence-corrected chi connectivity index (χ0v) is 20.5. The number of hydrogen-bond donors (Lipinski definition) is 1. The summed E-state index contributed by atoms with van der Waals surface area (Å²) in [5, 5.41) is 3.34. The van der Waals surface area contributed by atoms with Gasteiger partial charge in [-0.3, -0.25) is 19.5 Å². The number of carbonyl (C=O) groups is 2. The van der Waals surface area contributed by atoms with Crippen LogP contribution in [0.1, 0.15) is 39.1 Å². The zero-order valence-electron chi connectivity index (χ0n) is 18.1. The maximum Gasteiger partial charge on any atom is 0.261 e. The van der Waals surface area contributed by atoms with Gasteiger partial charge in [0.05, 0.1) is 18.2 Å². The van der Waals surface area contributed by atoms with Gasteiger partial charge in [0.15, 0.2) is 5.96 Å². The predicted molar refractivity (Wildman–Crippen MR) is 132 cm³/mol. The number of halogens is 1. The number of rotatable bonds is 8. The van der Waals surface area contributed by atoms with Gasteiger partial charge in [0.1, 0.15) is 5.75 Å². The van der Waals surface area contributed by atoms with Gasteiger partial charge in [0, 0.05) is 39.3 Å². The lowest BCUT2D eigenvalue weighted by Gasteiger charge is -2.23. The van der Waals surface area contributed by atoms with Crippen LogP contribution in [0.4, 0.5) is 0 Å². The molecule has 0 spiro atoms. The van der Waals surface area contributed by atoms with Gasteiger partial charge in [-0.2, -0.15) is 0 Å². The first-order chi connectivity index (χ1) is 14.6. The van der Waals surface area contributed by atoms with E-state index in [-0.39, 0.29) is 35.8 Å². The number of ether oxygens (including phenoxy) is 1. The van der Waals surface area contributed by atoms with E-state index in [2.05, 4.69) is 10.3 Å². The molecule has 2 amide bonds. The Labute approximate surface area is 200 Å². The van der Waals surface area contributed by atoms with Crippen LogP contribution in [0.25, 0.3) is 0 Å². The van der Waals surface area contributed by atoms with Crippen molar-refractivity contribution in [1.29, 1.82) is 0 Å². The van der Waals surface area contributed by atoms with Crippen molar-refractivity contribution < 1.29 is 14.3 Å². The summed E-state index contributed by atoms with van der Waals surface area (Å²) in [7, 11) is 5.39. The lowest BCUT2D eigenvalue weighted by atomic mass is 10.1. The number of hydrogen-bond acceptors (Lipinski definition) is 4. The third-order valence-electron chi connectivity index (χ3n) is 5.14. The van der Waals surface area contributed by atoms with E-state index < -0.39 is 0 Å². The normalized spacial score (nSPS) is 13.0. The summed E-state index contributed by atoms with van der Waals surface area (Å²) < 4.78 is 5.42. The van der Waals surface area contributed by atoms with Gasteiger partial charge in [-0.1, -0.05) is 30.3 Å². The van der Waals surface area contributed by atoms with E-state index in [0.29, 0.717) is 30.8 Å². The summed E-state index contributed by atoms with van der Waals surface area (Å²) in [6.07, 6.45) is 1.54. The van der Waals surface area contributed by atoms with Crippen molar-refractivity contribution in [2.75, 3.05) is 34.3 Å². The molecule has 2 aromatic carbocycles. The summed E-state index contributed by atoms with van der Waals surface area (Å²) >= 11 is 0. The highest BCUT2D eigenvalue weighted by Gasteiger charge is 2.34. The molecule has 0 saturated heterocycles. The van der Waals surface area contributed by atoms with E-state index in [9.17, 15) is 9.59 Å². The SMILES string of the molecule is CN=C(NCCCCN1C(=O)c2ccccc2C1=O)N(C)Cc1ccccc1OC.I. The molecule has 3 rings (SSSR count). The van der Waals surface area contributed by atoms with Gasteiger partial charge in [-0.05, 0) is 31.0 Å². The Morgan fingerprint density at radius 2 is 1.65 bits per heavy atom. The van der Waals surface area contributed by atoms with Crippen LogP contribution < -0.4 is 10.1 Å². The fraction of sp³-hybridized carbons (Fsp3) is 0.348. The largest absolute Gasteiger partial charge is 0.496 e. The molecule has 0 bridgehead atoms. The molecule has 1 N–H and O–H groups in total. The fourth-order valence-electron chi connectivity index (χ4n) is 3.59. The molecule has 1 aliphatic heterocycles. The number of methoxy groups -OCH3 is 1.